The summed E-state index contributed by atoms with van der Waals surface area (Å²) in [4.78, 5) is 21.9. The fourth-order valence-corrected chi connectivity index (χ4v) is 3.06. The van der Waals surface area contributed by atoms with E-state index >= 15 is 0 Å². The number of amides is 1. The molecule has 0 fully saturated rings. The Balaban J connectivity index is 3.17. The number of unbranched alkanes of at least 4 members (excludes halogenated alkanes) is 1. The third-order valence-electron chi connectivity index (χ3n) is 2.53. The molecule has 0 radical (unpaired) electrons. The van der Waals surface area contributed by atoms with Gasteiger partial charge in [-0.1, -0.05) is 13.3 Å². The summed E-state index contributed by atoms with van der Waals surface area (Å²) in [5, 5.41) is 13.9. The Morgan fingerprint density at radius 2 is 2.15 bits per heavy atom. The van der Waals surface area contributed by atoms with Crippen LogP contribution in [0.4, 0.5) is 0 Å². The standard InChI is InChI=1S/C10H16N4O5S/c1-2-3-4-14(6-8(11)15)20(18,19)9-7(10(16)17)5-12-13-9/h5H,2-4,6H2,1H3,(H2,11,15)(H,12,13)(H,16,17). The zero-order chi connectivity index (χ0) is 15.3. The number of nitrogens with zero attached hydrogens (tertiary/aromatic N) is 2. The summed E-state index contributed by atoms with van der Waals surface area (Å²) in [6, 6.07) is 0. The first-order valence-electron chi connectivity index (χ1n) is 5.85. The molecular formula is C10H16N4O5S. The van der Waals surface area contributed by atoms with Gasteiger partial charge in [0, 0.05) is 6.54 Å². The number of hydrogen-bond acceptors (Lipinski definition) is 5. The predicted octanol–water partition coefficient (Wildman–Crippen LogP) is -0.616. The first-order chi connectivity index (χ1) is 9.30. The second-order valence-corrected chi connectivity index (χ2v) is 5.95. The van der Waals surface area contributed by atoms with Gasteiger partial charge in [-0.15, -0.1) is 0 Å². The molecule has 1 amide bonds. The van der Waals surface area contributed by atoms with Crippen LogP contribution in [-0.4, -0.2) is 53.0 Å². The van der Waals surface area contributed by atoms with E-state index in [2.05, 4.69) is 10.2 Å². The number of rotatable bonds is 8. The van der Waals surface area contributed by atoms with Crippen molar-refractivity contribution < 1.29 is 23.1 Å². The van der Waals surface area contributed by atoms with E-state index in [1.807, 2.05) is 6.92 Å². The lowest BCUT2D eigenvalue weighted by Gasteiger charge is -2.19. The van der Waals surface area contributed by atoms with Gasteiger partial charge in [0.05, 0.1) is 12.7 Å². The second kappa shape index (κ2) is 6.48. The number of carbonyl (C=O) groups excluding carboxylic acids is 1. The van der Waals surface area contributed by atoms with Crippen LogP contribution in [0.25, 0.3) is 0 Å². The van der Waals surface area contributed by atoms with E-state index in [4.69, 9.17) is 10.8 Å². The number of H-pyrrole nitrogens is 1. The summed E-state index contributed by atoms with van der Waals surface area (Å²) in [6.45, 7) is 1.41. The topological polar surface area (TPSA) is 146 Å². The molecule has 1 aromatic heterocycles. The molecule has 0 aliphatic carbocycles. The van der Waals surface area contributed by atoms with E-state index in [-0.39, 0.29) is 6.54 Å². The SMILES string of the molecule is CCCCN(CC(N)=O)S(=O)(=O)c1[nH]ncc1C(=O)O. The maximum atomic E-state index is 12.3. The highest BCUT2D eigenvalue weighted by atomic mass is 32.2. The monoisotopic (exact) mass is 304 g/mol. The molecule has 0 saturated heterocycles. The Morgan fingerprint density at radius 1 is 1.50 bits per heavy atom. The lowest BCUT2D eigenvalue weighted by molar-refractivity contribution is -0.118. The van der Waals surface area contributed by atoms with Crippen LogP contribution in [0.3, 0.4) is 0 Å². The quantitative estimate of drug-likeness (QED) is 0.583. The number of nitrogens with one attached hydrogen (secondary N) is 1. The number of aromatic amines is 1. The molecule has 112 valence electrons. The number of nitrogens with two attached hydrogens (primary N) is 1. The number of carboxylic acid groups (broad SMARTS) is 1. The summed E-state index contributed by atoms with van der Waals surface area (Å²) >= 11 is 0. The molecule has 10 heteroatoms. The molecule has 0 unspecified atom stereocenters. The number of sulfonamides is 1. The van der Waals surface area contributed by atoms with Crippen molar-refractivity contribution in [1.82, 2.24) is 14.5 Å². The minimum atomic E-state index is -4.17. The van der Waals surface area contributed by atoms with Crippen LogP contribution in [-0.2, 0) is 14.8 Å². The summed E-state index contributed by atoms with van der Waals surface area (Å²) < 4.78 is 25.5. The van der Waals surface area contributed by atoms with E-state index in [0.717, 1.165) is 10.5 Å². The maximum Gasteiger partial charge on any atom is 0.340 e. The van der Waals surface area contributed by atoms with Gasteiger partial charge in [0.2, 0.25) is 5.91 Å². The number of carbonyl (C=O) groups is 2. The molecule has 0 aliphatic rings. The molecule has 1 heterocycles. The summed E-state index contributed by atoms with van der Waals surface area (Å²) in [7, 11) is -4.17. The highest BCUT2D eigenvalue weighted by Gasteiger charge is 2.31. The average molecular weight is 304 g/mol. The van der Waals surface area contributed by atoms with Crippen LogP contribution >= 0.6 is 0 Å². The molecule has 4 N–H and O–H groups in total. The minimum Gasteiger partial charge on any atom is -0.478 e. The van der Waals surface area contributed by atoms with Gasteiger partial charge < -0.3 is 10.8 Å². The van der Waals surface area contributed by atoms with Gasteiger partial charge in [-0.2, -0.15) is 9.40 Å². The first-order valence-corrected chi connectivity index (χ1v) is 7.29. The Morgan fingerprint density at radius 3 is 2.65 bits per heavy atom. The number of carboxylic acids is 1. The second-order valence-electron chi connectivity index (χ2n) is 4.08. The van der Waals surface area contributed by atoms with Crippen LogP contribution in [0.15, 0.2) is 11.2 Å². The Bertz CT molecular complexity index is 595. The Labute approximate surface area is 115 Å². The molecule has 1 aromatic rings. The van der Waals surface area contributed by atoms with Gasteiger partial charge in [0.15, 0.2) is 5.03 Å². The van der Waals surface area contributed by atoms with Crippen molar-refractivity contribution in [3.8, 4) is 0 Å². The van der Waals surface area contributed by atoms with E-state index in [0.29, 0.717) is 12.8 Å². The van der Waals surface area contributed by atoms with E-state index in [9.17, 15) is 18.0 Å². The lowest BCUT2D eigenvalue weighted by Crippen LogP contribution is -2.39. The molecule has 0 bridgehead atoms. The zero-order valence-corrected chi connectivity index (χ0v) is 11.7. The fraction of sp³-hybridized carbons (Fsp3) is 0.500. The van der Waals surface area contributed by atoms with Crippen molar-refractivity contribution in [2.45, 2.75) is 24.8 Å². The number of aromatic carboxylic acids is 1. The Hall–Kier alpha value is -1.94. The average Bonchev–Trinajstić information content (AvgIpc) is 2.83. The fourth-order valence-electron chi connectivity index (χ4n) is 1.54. The Kier molecular flexibility index (Phi) is 5.22. The van der Waals surface area contributed by atoms with Crippen molar-refractivity contribution in [2.75, 3.05) is 13.1 Å². The predicted molar refractivity (Wildman–Crippen MR) is 68.4 cm³/mol. The lowest BCUT2D eigenvalue weighted by atomic mass is 10.3. The molecule has 20 heavy (non-hydrogen) atoms. The van der Waals surface area contributed by atoms with Gasteiger partial charge in [0.1, 0.15) is 5.56 Å². The van der Waals surface area contributed by atoms with Crippen LogP contribution in [0, 0.1) is 0 Å². The molecular weight excluding hydrogens is 288 g/mol. The van der Waals surface area contributed by atoms with Gasteiger partial charge in [-0.25, -0.2) is 13.2 Å². The maximum absolute atomic E-state index is 12.3. The van der Waals surface area contributed by atoms with E-state index in [1.165, 1.54) is 0 Å². The van der Waals surface area contributed by atoms with Gasteiger partial charge in [-0.05, 0) is 6.42 Å². The molecule has 1 rings (SSSR count). The van der Waals surface area contributed by atoms with Crippen LogP contribution < -0.4 is 5.73 Å². The summed E-state index contributed by atoms with van der Waals surface area (Å²) in [5.74, 6) is -2.24. The van der Waals surface area contributed by atoms with Gasteiger partial charge in [0.25, 0.3) is 10.0 Å². The summed E-state index contributed by atoms with van der Waals surface area (Å²) in [5.41, 5.74) is 4.55. The van der Waals surface area contributed by atoms with Crippen LogP contribution in [0.1, 0.15) is 30.1 Å². The van der Waals surface area contributed by atoms with Crippen LogP contribution in [0.2, 0.25) is 0 Å². The van der Waals surface area contributed by atoms with Gasteiger partial charge >= 0.3 is 5.97 Å². The molecule has 0 aromatic carbocycles. The molecule has 9 nitrogen and oxygen atoms in total. The third-order valence-corrected chi connectivity index (χ3v) is 4.34. The highest BCUT2D eigenvalue weighted by molar-refractivity contribution is 7.89. The number of hydrogen-bond donors (Lipinski definition) is 3. The van der Waals surface area contributed by atoms with Crippen molar-refractivity contribution >= 4 is 21.9 Å². The number of aromatic nitrogens is 2. The highest BCUT2D eigenvalue weighted by Crippen LogP contribution is 2.18. The van der Waals surface area contributed by atoms with Crippen molar-refractivity contribution in [2.24, 2.45) is 5.73 Å². The molecule has 0 aliphatic heterocycles. The number of primary amides is 1. The molecule has 0 spiro atoms. The zero-order valence-electron chi connectivity index (χ0n) is 10.9. The largest absolute Gasteiger partial charge is 0.478 e. The van der Waals surface area contributed by atoms with Crippen molar-refractivity contribution in [1.29, 1.82) is 0 Å². The third kappa shape index (κ3) is 3.54. The van der Waals surface area contributed by atoms with Crippen molar-refractivity contribution in [3.05, 3.63) is 11.8 Å². The van der Waals surface area contributed by atoms with Crippen LogP contribution in [0.5, 0.6) is 0 Å². The summed E-state index contributed by atoms with van der Waals surface area (Å²) in [6.07, 6.45) is 2.13. The van der Waals surface area contributed by atoms with Gasteiger partial charge in [-0.3, -0.25) is 9.89 Å². The van der Waals surface area contributed by atoms with E-state index in [1.54, 1.807) is 0 Å². The minimum absolute atomic E-state index is 0.0693. The molecule has 0 atom stereocenters. The first kappa shape index (κ1) is 16.1. The normalized spacial score (nSPS) is 11.7. The molecule has 0 saturated carbocycles. The van der Waals surface area contributed by atoms with Crippen molar-refractivity contribution in [3.63, 3.8) is 0 Å². The van der Waals surface area contributed by atoms with E-state index < -0.39 is 39.0 Å². The smallest absolute Gasteiger partial charge is 0.340 e.